The van der Waals surface area contributed by atoms with Crippen molar-refractivity contribution in [1.29, 1.82) is 0 Å². The van der Waals surface area contributed by atoms with Crippen molar-refractivity contribution >= 4 is 28.2 Å². The van der Waals surface area contributed by atoms with E-state index in [0.717, 1.165) is 15.8 Å². The molecule has 2 aromatic carbocycles. The number of nitrogens with zero attached hydrogens (tertiary/aromatic N) is 2. The average Bonchev–Trinajstić information content (AvgIpc) is 3.05. The van der Waals surface area contributed by atoms with Crippen LogP contribution in [0.15, 0.2) is 52.1 Å². The molecular weight excluding hydrogens is 304 g/mol. The second-order valence-corrected chi connectivity index (χ2v) is 5.47. The van der Waals surface area contributed by atoms with E-state index < -0.39 is 0 Å². The fourth-order valence-corrected chi connectivity index (χ4v) is 3.10. The van der Waals surface area contributed by atoms with Gasteiger partial charge >= 0.3 is 0 Å². The molecule has 0 spiro atoms. The number of benzene rings is 2. The van der Waals surface area contributed by atoms with E-state index in [2.05, 4.69) is 5.16 Å². The Hall–Kier alpha value is -2.38. The predicted octanol–water partition coefficient (Wildman–Crippen LogP) is 4.10. The summed E-state index contributed by atoms with van der Waals surface area (Å²) in [7, 11) is 1.62. The molecule has 1 heterocycles. The quantitative estimate of drug-likeness (QED) is 0.305. The zero-order valence-electron chi connectivity index (χ0n) is 11.7. The Morgan fingerprint density at radius 3 is 2.82 bits per heavy atom. The lowest BCUT2D eigenvalue weighted by molar-refractivity contribution is -0.383. The van der Waals surface area contributed by atoms with Crippen molar-refractivity contribution in [2.45, 2.75) is 4.90 Å². The normalized spacial score (nSPS) is 11.0. The molecule has 0 atom stereocenters. The van der Waals surface area contributed by atoms with Crippen molar-refractivity contribution in [2.75, 3.05) is 13.0 Å². The fraction of sp³-hybridized carbons (Fsp3) is 0.133. The summed E-state index contributed by atoms with van der Waals surface area (Å²) < 4.78 is 10.0. The predicted molar refractivity (Wildman–Crippen MR) is 83.8 cm³/mol. The molecule has 1 aromatic heterocycles. The molecule has 7 heteroatoms. The number of non-ortho nitro benzene ring substituents is 1. The monoisotopic (exact) mass is 316 g/mol. The van der Waals surface area contributed by atoms with Gasteiger partial charge < -0.3 is 9.26 Å². The highest BCUT2D eigenvalue weighted by Crippen LogP contribution is 2.39. The molecule has 0 fully saturated rings. The Morgan fingerprint density at radius 1 is 1.27 bits per heavy atom. The summed E-state index contributed by atoms with van der Waals surface area (Å²) >= 11 is 1.50. The van der Waals surface area contributed by atoms with E-state index >= 15 is 0 Å². The van der Waals surface area contributed by atoms with E-state index in [1.807, 2.05) is 12.1 Å². The van der Waals surface area contributed by atoms with Gasteiger partial charge in [0, 0.05) is 29.7 Å². The minimum atomic E-state index is -0.378. The molecule has 0 aliphatic rings. The smallest absolute Gasteiger partial charge is 0.277 e. The average molecular weight is 316 g/mol. The molecule has 0 bridgehead atoms. The molecule has 0 aliphatic carbocycles. The molecule has 0 saturated heterocycles. The first-order valence-electron chi connectivity index (χ1n) is 6.45. The molecule has 0 unspecified atom stereocenters. The van der Waals surface area contributed by atoms with E-state index in [1.165, 1.54) is 24.1 Å². The third-order valence-electron chi connectivity index (χ3n) is 3.22. The molecule has 6 nitrogen and oxygen atoms in total. The van der Waals surface area contributed by atoms with Crippen LogP contribution in [0.25, 0.3) is 22.0 Å². The molecule has 0 N–H and O–H groups in total. The van der Waals surface area contributed by atoms with Gasteiger partial charge in [0.1, 0.15) is 12.0 Å². The van der Waals surface area contributed by atoms with E-state index in [4.69, 9.17) is 9.26 Å². The Bertz CT molecular complexity index is 818. The first-order chi connectivity index (χ1) is 10.7. The molecule has 3 rings (SSSR count). The second-order valence-electron chi connectivity index (χ2n) is 4.50. The van der Waals surface area contributed by atoms with Crippen molar-refractivity contribution in [3.8, 4) is 11.3 Å². The molecule has 3 aromatic rings. The van der Waals surface area contributed by atoms with Crippen molar-refractivity contribution in [3.63, 3.8) is 0 Å². The SMILES string of the molecule is COCSc1ccc2c([N+](=O)[O-])cccc2c1-c1ccon1. The van der Waals surface area contributed by atoms with Gasteiger partial charge in [-0.15, -0.1) is 0 Å². The molecule has 22 heavy (non-hydrogen) atoms. The molecule has 112 valence electrons. The van der Waals surface area contributed by atoms with Crippen molar-refractivity contribution in [2.24, 2.45) is 0 Å². The highest BCUT2D eigenvalue weighted by atomic mass is 32.2. The number of aromatic nitrogens is 1. The van der Waals surface area contributed by atoms with E-state index in [1.54, 1.807) is 25.3 Å². The summed E-state index contributed by atoms with van der Waals surface area (Å²) in [6, 6.07) is 10.4. The summed E-state index contributed by atoms with van der Waals surface area (Å²) in [6.07, 6.45) is 1.48. The van der Waals surface area contributed by atoms with Gasteiger partial charge in [0.15, 0.2) is 0 Å². The number of hydrogen-bond acceptors (Lipinski definition) is 6. The summed E-state index contributed by atoms with van der Waals surface area (Å²) in [4.78, 5) is 11.8. The number of fused-ring (bicyclic) bond motifs is 1. The van der Waals surface area contributed by atoms with Crippen LogP contribution in [0.1, 0.15) is 0 Å². The highest BCUT2D eigenvalue weighted by Gasteiger charge is 2.18. The van der Waals surface area contributed by atoms with Gasteiger partial charge in [0.05, 0.1) is 16.2 Å². The summed E-state index contributed by atoms with van der Waals surface area (Å²) in [5.41, 5.74) is 1.53. The number of nitro groups is 1. The third kappa shape index (κ3) is 2.56. The van der Waals surface area contributed by atoms with E-state index in [-0.39, 0.29) is 10.6 Å². The minimum absolute atomic E-state index is 0.0746. The molecule has 0 aliphatic heterocycles. The lowest BCUT2D eigenvalue weighted by Crippen LogP contribution is -1.93. The number of methoxy groups -OCH3 is 1. The van der Waals surface area contributed by atoms with Crippen LogP contribution in [0.2, 0.25) is 0 Å². The van der Waals surface area contributed by atoms with Gasteiger partial charge in [-0.1, -0.05) is 29.1 Å². The van der Waals surface area contributed by atoms with Crippen LogP contribution in [0.4, 0.5) is 5.69 Å². The standard InChI is InChI=1S/C15H12N2O4S/c1-20-9-22-14-6-5-10-11(3-2-4-13(10)17(18)19)15(14)12-7-8-21-16-12/h2-8H,9H2,1H3. The maximum Gasteiger partial charge on any atom is 0.277 e. The molecule has 0 saturated carbocycles. The minimum Gasteiger partial charge on any atom is -0.374 e. The molecule has 0 amide bonds. The number of hydrogen-bond donors (Lipinski definition) is 0. The van der Waals surface area contributed by atoms with E-state index in [9.17, 15) is 10.1 Å². The number of thioether (sulfide) groups is 1. The summed E-state index contributed by atoms with van der Waals surface area (Å²) in [5, 5.41) is 16.5. The van der Waals surface area contributed by atoms with Crippen LogP contribution in [0.3, 0.4) is 0 Å². The molecule has 0 radical (unpaired) electrons. The topological polar surface area (TPSA) is 78.4 Å². The largest absolute Gasteiger partial charge is 0.374 e. The third-order valence-corrected chi connectivity index (χ3v) is 4.23. The first kappa shape index (κ1) is 14.6. The Labute approximate surface area is 130 Å². The lowest BCUT2D eigenvalue weighted by Gasteiger charge is -2.10. The Kier molecular flexibility index (Phi) is 4.08. The number of nitro benzene ring substituents is 1. The Balaban J connectivity index is 2.29. The van der Waals surface area contributed by atoms with Crippen molar-refractivity contribution < 1.29 is 14.2 Å². The number of rotatable bonds is 5. The zero-order valence-corrected chi connectivity index (χ0v) is 12.5. The van der Waals surface area contributed by atoms with Gasteiger partial charge in [0.2, 0.25) is 0 Å². The van der Waals surface area contributed by atoms with Crippen LogP contribution in [0, 0.1) is 10.1 Å². The van der Waals surface area contributed by atoms with Gasteiger partial charge in [-0.05, 0) is 17.5 Å². The zero-order chi connectivity index (χ0) is 15.5. The van der Waals surface area contributed by atoms with Crippen LogP contribution < -0.4 is 0 Å². The maximum absolute atomic E-state index is 11.2. The van der Waals surface area contributed by atoms with Gasteiger partial charge in [0.25, 0.3) is 5.69 Å². The van der Waals surface area contributed by atoms with Crippen LogP contribution >= 0.6 is 11.8 Å². The fourth-order valence-electron chi connectivity index (χ4n) is 2.33. The summed E-state index contributed by atoms with van der Waals surface area (Å²) in [6.45, 7) is 0. The lowest BCUT2D eigenvalue weighted by atomic mass is 10.0. The summed E-state index contributed by atoms with van der Waals surface area (Å²) in [5.74, 6) is 0.477. The van der Waals surface area contributed by atoms with Gasteiger partial charge in [-0.2, -0.15) is 0 Å². The van der Waals surface area contributed by atoms with Gasteiger partial charge in [-0.25, -0.2) is 0 Å². The van der Waals surface area contributed by atoms with Gasteiger partial charge in [-0.3, -0.25) is 10.1 Å². The van der Waals surface area contributed by atoms with Crippen LogP contribution in [0.5, 0.6) is 0 Å². The van der Waals surface area contributed by atoms with Crippen LogP contribution in [-0.2, 0) is 4.74 Å². The van der Waals surface area contributed by atoms with Crippen molar-refractivity contribution in [3.05, 3.63) is 52.8 Å². The van der Waals surface area contributed by atoms with Crippen LogP contribution in [-0.4, -0.2) is 23.1 Å². The molecular formula is C15H12N2O4S. The first-order valence-corrected chi connectivity index (χ1v) is 7.43. The van der Waals surface area contributed by atoms with Crippen molar-refractivity contribution in [1.82, 2.24) is 5.16 Å². The Morgan fingerprint density at radius 2 is 2.14 bits per heavy atom. The maximum atomic E-state index is 11.2. The second kappa shape index (κ2) is 6.17. The number of ether oxygens (including phenoxy) is 1. The highest BCUT2D eigenvalue weighted by molar-refractivity contribution is 7.99. The van der Waals surface area contributed by atoms with E-state index in [0.29, 0.717) is 17.0 Å².